The highest BCUT2D eigenvalue weighted by Gasteiger charge is 2.18. The molecule has 0 saturated carbocycles. The molecule has 4 rings (SSSR count). The zero-order chi connectivity index (χ0) is 19.7. The highest BCUT2D eigenvalue weighted by molar-refractivity contribution is 7.99. The van der Waals surface area contributed by atoms with Gasteiger partial charge in [-0.25, -0.2) is 9.97 Å². The van der Waals surface area contributed by atoms with Gasteiger partial charge in [-0.05, 0) is 44.2 Å². The number of hydrogen-bond acceptors (Lipinski definition) is 5. The third kappa shape index (κ3) is 3.61. The number of carbonyl (C=O) groups excluding carboxylic acids is 1. The van der Waals surface area contributed by atoms with Crippen molar-refractivity contribution in [2.45, 2.75) is 23.9 Å². The second kappa shape index (κ2) is 7.65. The molecule has 0 atom stereocenters. The average Bonchev–Trinajstić information content (AvgIpc) is 3.39. The molecule has 0 saturated heterocycles. The summed E-state index contributed by atoms with van der Waals surface area (Å²) in [6.07, 6.45) is 5.46. The van der Waals surface area contributed by atoms with Crippen molar-refractivity contribution >= 4 is 34.7 Å². The van der Waals surface area contributed by atoms with E-state index in [9.17, 15) is 4.79 Å². The molecule has 28 heavy (non-hydrogen) atoms. The van der Waals surface area contributed by atoms with Crippen LogP contribution < -0.4 is 5.32 Å². The number of nitrogens with one attached hydrogen (secondary N) is 1. The first kappa shape index (κ1) is 18.5. The van der Waals surface area contributed by atoms with Gasteiger partial charge in [0.2, 0.25) is 0 Å². The van der Waals surface area contributed by atoms with Crippen molar-refractivity contribution in [3.63, 3.8) is 0 Å². The number of imidazole rings is 1. The van der Waals surface area contributed by atoms with Gasteiger partial charge in [-0.2, -0.15) is 0 Å². The molecule has 142 valence electrons. The van der Waals surface area contributed by atoms with Gasteiger partial charge in [0.05, 0.1) is 5.56 Å². The lowest BCUT2D eigenvalue weighted by Crippen LogP contribution is -2.13. The van der Waals surface area contributed by atoms with Crippen LogP contribution in [0.1, 0.15) is 21.7 Å². The molecule has 0 aliphatic heterocycles. The normalized spacial score (nSPS) is 11.0. The monoisotopic (exact) mass is 409 g/mol. The van der Waals surface area contributed by atoms with E-state index in [1.165, 1.54) is 0 Å². The van der Waals surface area contributed by atoms with Gasteiger partial charge in [0.25, 0.3) is 5.91 Å². The quantitative estimate of drug-likeness (QED) is 0.519. The summed E-state index contributed by atoms with van der Waals surface area (Å²) in [7, 11) is 1.96. The summed E-state index contributed by atoms with van der Waals surface area (Å²) in [5.74, 6) is -0.125. The van der Waals surface area contributed by atoms with Crippen molar-refractivity contribution in [1.82, 2.24) is 19.1 Å². The maximum atomic E-state index is 12.8. The Hall–Kier alpha value is -2.84. The van der Waals surface area contributed by atoms with Crippen molar-refractivity contribution in [2.24, 2.45) is 7.05 Å². The number of aryl methyl sites for hydroxylation is 2. The predicted molar refractivity (Wildman–Crippen MR) is 113 cm³/mol. The number of rotatable bonds is 5. The van der Waals surface area contributed by atoms with E-state index in [0.29, 0.717) is 5.56 Å². The van der Waals surface area contributed by atoms with Gasteiger partial charge >= 0.3 is 0 Å². The number of benzene rings is 1. The molecule has 1 aromatic carbocycles. The van der Waals surface area contributed by atoms with E-state index in [1.54, 1.807) is 35.5 Å². The number of aromatic nitrogens is 4. The molecule has 0 bridgehead atoms. The molecule has 3 aromatic heterocycles. The summed E-state index contributed by atoms with van der Waals surface area (Å²) in [5.41, 5.74) is 3.28. The van der Waals surface area contributed by atoms with Crippen LogP contribution in [0.3, 0.4) is 0 Å². The number of nitrogens with zero attached hydrogens (tertiary/aromatic N) is 4. The fourth-order valence-corrected chi connectivity index (χ4v) is 4.53. The molecule has 6 nitrogen and oxygen atoms in total. The zero-order valence-electron chi connectivity index (χ0n) is 15.7. The highest BCUT2D eigenvalue weighted by atomic mass is 32.2. The van der Waals surface area contributed by atoms with Crippen LogP contribution in [-0.2, 0) is 7.05 Å². The average molecular weight is 410 g/mol. The third-order valence-corrected chi connectivity index (χ3v) is 6.23. The Morgan fingerprint density at radius 2 is 1.93 bits per heavy atom. The Bertz CT molecular complexity index is 1110. The molecule has 0 fully saturated rings. The minimum Gasteiger partial charge on any atom is -0.329 e. The standard InChI is InChI=1S/C20H19N5OS2/c1-13-12-17(14(2)25(13)20-22-9-11-27-20)18(26)23-15-4-6-16(7-5-15)28-19-21-8-10-24(19)3/h4-12H,1-3H3,(H,23,26). The first-order valence-corrected chi connectivity index (χ1v) is 10.4. The minimum atomic E-state index is -0.125. The largest absolute Gasteiger partial charge is 0.329 e. The van der Waals surface area contributed by atoms with Gasteiger partial charge < -0.3 is 9.88 Å². The Labute approximate surface area is 171 Å². The minimum absolute atomic E-state index is 0.125. The fraction of sp³-hybridized carbons (Fsp3) is 0.150. The second-order valence-electron chi connectivity index (χ2n) is 6.34. The molecule has 0 aliphatic carbocycles. The Kier molecular flexibility index (Phi) is 5.06. The number of amides is 1. The zero-order valence-corrected chi connectivity index (χ0v) is 17.3. The van der Waals surface area contributed by atoms with Crippen LogP contribution >= 0.6 is 23.1 Å². The van der Waals surface area contributed by atoms with Crippen LogP contribution in [-0.4, -0.2) is 25.0 Å². The van der Waals surface area contributed by atoms with Crippen molar-refractivity contribution in [2.75, 3.05) is 5.32 Å². The van der Waals surface area contributed by atoms with E-state index in [-0.39, 0.29) is 5.91 Å². The summed E-state index contributed by atoms with van der Waals surface area (Å²) < 4.78 is 3.98. The van der Waals surface area contributed by atoms with Crippen LogP contribution in [0.15, 0.2) is 64.4 Å². The number of anilines is 1. The van der Waals surface area contributed by atoms with Gasteiger partial charge in [0.1, 0.15) is 0 Å². The molecule has 4 aromatic rings. The van der Waals surface area contributed by atoms with Crippen molar-refractivity contribution in [3.8, 4) is 5.13 Å². The summed E-state index contributed by atoms with van der Waals surface area (Å²) in [4.78, 5) is 22.5. The lowest BCUT2D eigenvalue weighted by Gasteiger charge is -2.08. The van der Waals surface area contributed by atoms with Gasteiger partial charge in [-0.1, -0.05) is 11.8 Å². The van der Waals surface area contributed by atoms with E-state index >= 15 is 0 Å². The first-order chi connectivity index (χ1) is 13.5. The highest BCUT2D eigenvalue weighted by Crippen LogP contribution is 2.27. The lowest BCUT2D eigenvalue weighted by atomic mass is 10.2. The van der Waals surface area contributed by atoms with E-state index in [4.69, 9.17) is 0 Å². The van der Waals surface area contributed by atoms with Crippen LogP contribution in [0.2, 0.25) is 0 Å². The molecule has 1 amide bonds. The van der Waals surface area contributed by atoms with Gasteiger partial charge in [-0.15, -0.1) is 11.3 Å². The van der Waals surface area contributed by atoms with Gasteiger partial charge in [0.15, 0.2) is 10.3 Å². The fourth-order valence-electron chi connectivity index (χ4n) is 2.97. The lowest BCUT2D eigenvalue weighted by molar-refractivity contribution is 0.102. The molecule has 1 N–H and O–H groups in total. The van der Waals surface area contributed by atoms with Crippen molar-refractivity contribution < 1.29 is 4.79 Å². The van der Waals surface area contributed by atoms with Crippen LogP contribution in [0, 0.1) is 13.8 Å². The molecule has 3 heterocycles. The van der Waals surface area contributed by atoms with Gasteiger partial charge in [-0.3, -0.25) is 9.36 Å². The molecule has 0 spiro atoms. The second-order valence-corrected chi connectivity index (χ2v) is 8.25. The molecule has 0 radical (unpaired) electrons. The molecule has 0 unspecified atom stereocenters. The summed E-state index contributed by atoms with van der Waals surface area (Å²) in [5, 5.41) is 6.70. The topological polar surface area (TPSA) is 64.7 Å². The molecule has 0 aliphatic rings. The van der Waals surface area contributed by atoms with E-state index in [2.05, 4.69) is 15.3 Å². The summed E-state index contributed by atoms with van der Waals surface area (Å²) in [6.45, 7) is 3.92. The molecular formula is C20H19N5OS2. The Morgan fingerprint density at radius 3 is 2.57 bits per heavy atom. The Balaban J connectivity index is 1.50. The van der Waals surface area contributed by atoms with Gasteiger partial charge in [0, 0.05) is 53.0 Å². The SMILES string of the molecule is Cc1cc(C(=O)Nc2ccc(Sc3nccn3C)cc2)c(C)n1-c1nccs1. The Morgan fingerprint density at radius 1 is 1.14 bits per heavy atom. The maximum Gasteiger partial charge on any atom is 0.257 e. The van der Waals surface area contributed by atoms with Crippen LogP contribution in [0.4, 0.5) is 5.69 Å². The van der Waals surface area contributed by atoms with Crippen LogP contribution in [0.5, 0.6) is 0 Å². The van der Waals surface area contributed by atoms with E-state index < -0.39 is 0 Å². The third-order valence-electron chi connectivity index (χ3n) is 4.38. The summed E-state index contributed by atoms with van der Waals surface area (Å²) >= 11 is 3.13. The molecule has 8 heteroatoms. The van der Waals surface area contributed by atoms with Crippen LogP contribution in [0.25, 0.3) is 5.13 Å². The maximum absolute atomic E-state index is 12.8. The van der Waals surface area contributed by atoms with E-state index in [1.807, 2.05) is 71.9 Å². The smallest absolute Gasteiger partial charge is 0.257 e. The number of carbonyl (C=O) groups is 1. The van der Waals surface area contributed by atoms with Crippen molar-refractivity contribution in [1.29, 1.82) is 0 Å². The number of thiazole rings is 1. The molecular weight excluding hydrogens is 390 g/mol. The first-order valence-electron chi connectivity index (χ1n) is 8.68. The van der Waals surface area contributed by atoms with Crippen molar-refractivity contribution in [3.05, 3.63) is 71.3 Å². The van der Waals surface area contributed by atoms with E-state index in [0.717, 1.165) is 32.3 Å². The predicted octanol–water partition coefficient (Wildman–Crippen LogP) is 4.69. The summed E-state index contributed by atoms with van der Waals surface area (Å²) in [6, 6.07) is 9.67. The number of hydrogen-bond donors (Lipinski definition) is 1.